The lowest BCUT2D eigenvalue weighted by atomic mass is 10.0. The fraction of sp³-hybridized carbons (Fsp3) is 0.350. The normalized spacial score (nSPS) is 18.9. The van der Waals surface area contributed by atoms with E-state index in [0.29, 0.717) is 19.6 Å². The van der Waals surface area contributed by atoms with Gasteiger partial charge in [0, 0.05) is 39.2 Å². The molecular formula is C20H24N2O2. The summed E-state index contributed by atoms with van der Waals surface area (Å²) in [6.07, 6.45) is 0.506. The lowest BCUT2D eigenvalue weighted by molar-refractivity contribution is -0.121. The monoisotopic (exact) mass is 324 g/mol. The second-order valence-electron chi connectivity index (χ2n) is 6.20. The van der Waals surface area contributed by atoms with Gasteiger partial charge < -0.3 is 10.1 Å². The predicted molar refractivity (Wildman–Crippen MR) is 94.4 cm³/mol. The molecule has 0 unspecified atom stereocenters. The Hall–Kier alpha value is -2.17. The summed E-state index contributed by atoms with van der Waals surface area (Å²) in [5.74, 6) is 0.127. The van der Waals surface area contributed by atoms with Crippen LogP contribution in [-0.2, 0) is 22.7 Å². The van der Waals surface area contributed by atoms with Crippen LogP contribution in [-0.4, -0.2) is 31.0 Å². The van der Waals surface area contributed by atoms with Crippen LogP contribution in [0.2, 0.25) is 0 Å². The summed E-state index contributed by atoms with van der Waals surface area (Å²) in [6, 6.07) is 18.9. The van der Waals surface area contributed by atoms with Crippen molar-refractivity contribution >= 4 is 5.91 Å². The molecule has 1 aliphatic rings. The van der Waals surface area contributed by atoms with E-state index >= 15 is 0 Å². The van der Waals surface area contributed by atoms with E-state index in [0.717, 1.165) is 13.1 Å². The highest BCUT2D eigenvalue weighted by atomic mass is 16.5. The van der Waals surface area contributed by atoms with E-state index in [2.05, 4.69) is 46.6 Å². The number of ether oxygens (including phenoxy) is 1. The Bertz CT molecular complexity index is 655. The molecule has 1 saturated heterocycles. The number of hydrogen-bond donors (Lipinski definition) is 1. The second kappa shape index (κ2) is 8.08. The first-order valence-electron chi connectivity index (χ1n) is 8.38. The molecule has 4 heteroatoms. The van der Waals surface area contributed by atoms with E-state index < -0.39 is 0 Å². The molecule has 24 heavy (non-hydrogen) atoms. The highest BCUT2D eigenvalue weighted by Gasteiger charge is 2.26. The molecule has 1 heterocycles. The molecule has 1 amide bonds. The third-order valence-corrected chi connectivity index (χ3v) is 4.44. The average molecular weight is 324 g/mol. The van der Waals surface area contributed by atoms with Gasteiger partial charge in [0.25, 0.3) is 0 Å². The smallest absolute Gasteiger partial charge is 0.221 e. The third-order valence-electron chi connectivity index (χ3n) is 4.44. The van der Waals surface area contributed by atoms with Crippen molar-refractivity contribution in [3.63, 3.8) is 0 Å². The number of carbonyl (C=O) groups excluding carboxylic acids is 1. The summed E-state index contributed by atoms with van der Waals surface area (Å²) < 4.78 is 5.16. The molecule has 1 atom stereocenters. The predicted octanol–water partition coefficient (Wildman–Crippen LogP) is 2.90. The Morgan fingerprint density at radius 1 is 1.08 bits per heavy atom. The lowest BCUT2D eigenvalue weighted by Crippen LogP contribution is -2.30. The van der Waals surface area contributed by atoms with Crippen LogP contribution in [0.3, 0.4) is 0 Å². The molecule has 1 fully saturated rings. The molecule has 1 aliphatic heterocycles. The highest BCUT2D eigenvalue weighted by molar-refractivity contribution is 5.77. The maximum atomic E-state index is 12.0. The Kier molecular flexibility index (Phi) is 5.62. The number of nitrogens with zero attached hydrogens (tertiary/aromatic N) is 1. The van der Waals surface area contributed by atoms with E-state index in [9.17, 15) is 4.79 Å². The van der Waals surface area contributed by atoms with Crippen LogP contribution in [0.5, 0.6) is 0 Å². The minimum absolute atomic E-state index is 0.118. The van der Waals surface area contributed by atoms with Crippen LogP contribution >= 0.6 is 0 Å². The lowest BCUT2D eigenvalue weighted by Gasteiger charge is -2.29. The highest BCUT2D eigenvalue weighted by Crippen LogP contribution is 2.27. The minimum Gasteiger partial charge on any atom is -0.380 e. The fourth-order valence-corrected chi connectivity index (χ4v) is 3.21. The van der Waals surface area contributed by atoms with E-state index in [1.807, 2.05) is 18.2 Å². The number of carbonyl (C=O) groups is 1. The standard InChI is InChI=1S/C20H24N2O2/c1-24-15-17-9-7-16(8-10-17)14-22-12-11-21-20(23)13-19(22)18-5-3-2-4-6-18/h2-10,19H,11-15H2,1H3,(H,21,23)/t19-/m0/s1. The molecule has 0 saturated carbocycles. The van der Waals surface area contributed by atoms with Crippen LogP contribution < -0.4 is 5.32 Å². The van der Waals surface area contributed by atoms with Gasteiger partial charge >= 0.3 is 0 Å². The Balaban J connectivity index is 1.78. The first-order chi connectivity index (χ1) is 11.8. The van der Waals surface area contributed by atoms with Crippen LogP contribution in [0.15, 0.2) is 54.6 Å². The first kappa shape index (κ1) is 16.7. The third kappa shape index (κ3) is 4.22. The van der Waals surface area contributed by atoms with Gasteiger partial charge in [-0.05, 0) is 16.7 Å². The van der Waals surface area contributed by atoms with Crippen LogP contribution in [0.1, 0.15) is 29.2 Å². The summed E-state index contributed by atoms with van der Waals surface area (Å²) in [7, 11) is 1.71. The fourth-order valence-electron chi connectivity index (χ4n) is 3.21. The van der Waals surface area contributed by atoms with Crippen molar-refractivity contribution in [2.24, 2.45) is 0 Å². The van der Waals surface area contributed by atoms with Crippen molar-refractivity contribution in [1.82, 2.24) is 10.2 Å². The molecule has 0 aliphatic carbocycles. The maximum absolute atomic E-state index is 12.0. The van der Waals surface area contributed by atoms with E-state index in [1.54, 1.807) is 7.11 Å². The summed E-state index contributed by atoms with van der Waals surface area (Å²) in [5.41, 5.74) is 3.63. The zero-order valence-corrected chi connectivity index (χ0v) is 14.1. The van der Waals surface area contributed by atoms with Gasteiger partial charge in [0.1, 0.15) is 0 Å². The number of methoxy groups -OCH3 is 1. The Morgan fingerprint density at radius 2 is 1.79 bits per heavy atom. The summed E-state index contributed by atoms with van der Waals surface area (Å²) in [5, 5.41) is 2.99. The summed E-state index contributed by atoms with van der Waals surface area (Å²) in [4.78, 5) is 14.4. The van der Waals surface area contributed by atoms with Gasteiger partial charge in [0.2, 0.25) is 5.91 Å². The first-order valence-corrected chi connectivity index (χ1v) is 8.38. The Labute approximate surface area is 143 Å². The molecule has 2 aromatic carbocycles. The molecular weight excluding hydrogens is 300 g/mol. The number of benzene rings is 2. The average Bonchev–Trinajstić information content (AvgIpc) is 2.79. The zero-order chi connectivity index (χ0) is 16.8. The van der Waals surface area contributed by atoms with Crippen molar-refractivity contribution < 1.29 is 9.53 Å². The van der Waals surface area contributed by atoms with Gasteiger partial charge in [0.15, 0.2) is 0 Å². The van der Waals surface area contributed by atoms with Gasteiger partial charge in [-0.1, -0.05) is 54.6 Å². The van der Waals surface area contributed by atoms with Gasteiger partial charge in [-0.25, -0.2) is 0 Å². The largest absolute Gasteiger partial charge is 0.380 e. The minimum atomic E-state index is 0.118. The molecule has 0 aromatic heterocycles. The number of hydrogen-bond acceptors (Lipinski definition) is 3. The topological polar surface area (TPSA) is 41.6 Å². The quantitative estimate of drug-likeness (QED) is 0.919. The SMILES string of the molecule is COCc1ccc(CN2CCNC(=O)C[C@H]2c2ccccc2)cc1. The van der Waals surface area contributed by atoms with Crippen molar-refractivity contribution in [1.29, 1.82) is 0 Å². The number of amides is 1. The second-order valence-corrected chi connectivity index (χ2v) is 6.20. The molecule has 0 radical (unpaired) electrons. The molecule has 126 valence electrons. The van der Waals surface area contributed by atoms with Gasteiger partial charge in [-0.2, -0.15) is 0 Å². The summed E-state index contributed by atoms with van der Waals surface area (Å²) >= 11 is 0. The molecule has 3 rings (SSSR count). The Morgan fingerprint density at radius 3 is 2.50 bits per heavy atom. The van der Waals surface area contributed by atoms with Crippen molar-refractivity contribution in [2.45, 2.75) is 25.6 Å². The van der Waals surface area contributed by atoms with Crippen molar-refractivity contribution in [3.05, 3.63) is 71.3 Å². The molecule has 0 spiro atoms. The maximum Gasteiger partial charge on any atom is 0.221 e. The van der Waals surface area contributed by atoms with Crippen molar-refractivity contribution in [2.75, 3.05) is 20.2 Å². The molecule has 4 nitrogen and oxygen atoms in total. The van der Waals surface area contributed by atoms with E-state index in [1.165, 1.54) is 16.7 Å². The van der Waals surface area contributed by atoms with Gasteiger partial charge in [-0.3, -0.25) is 9.69 Å². The molecule has 2 aromatic rings. The molecule has 0 bridgehead atoms. The van der Waals surface area contributed by atoms with Gasteiger partial charge in [0.05, 0.1) is 6.61 Å². The number of rotatable bonds is 5. The van der Waals surface area contributed by atoms with E-state index in [-0.39, 0.29) is 11.9 Å². The van der Waals surface area contributed by atoms with Crippen LogP contribution in [0, 0.1) is 0 Å². The van der Waals surface area contributed by atoms with Crippen molar-refractivity contribution in [3.8, 4) is 0 Å². The van der Waals surface area contributed by atoms with Crippen LogP contribution in [0.4, 0.5) is 0 Å². The summed E-state index contributed by atoms with van der Waals surface area (Å²) in [6.45, 7) is 3.02. The zero-order valence-electron chi connectivity index (χ0n) is 14.1. The van der Waals surface area contributed by atoms with Crippen LogP contribution in [0.25, 0.3) is 0 Å². The van der Waals surface area contributed by atoms with E-state index in [4.69, 9.17) is 4.74 Å². The molecule has 1 N–H and O–H groups in total. The number of nitrogens with one attached hydrogen (secondary N) is 1. The van der Waals surface area contributed by atoms with Gasteiger partial charge in [-0.15, -0.1) is 0 Å².